The minimum Gasteiger partial charge on any atom is -0.474 e. The van der Waals surface area contributed by atoms with Crippen molar-refractivity contribution in [2.24, 2.45) is 0 Å². The number of ether oxygens (including phenoxy) is 1. The number of hydrogen-bond acceptors (Lipinski definition) is 5. The van der Waals surface area contributed by atoms with Crippen molar-refractivity contribution in [3.8, 4) is 5.88 Å². The molecule has 1 atom stereocenters. The Bertz CT molecular complexity index is 704. The van der Waals surface area contributed by atoms with Crippen LogP contribution in [0.2, 0.25) is 0 Å². The van der Waals surface area contributed by atoms with Gasteiger partial charge in [-0.1, -0.05) is 6.92 Å². The van der Waals surface area contributed by atoms with Crippen molar-refractivity contribution < 1.29 is 4.74 Å². The first-order valence-electron chi connectivity index (χ1n) is 8.73. The Morgan fingerprint density at radius 2 is 1.91 bits per heavy atom. The summed E-state index contributed by atoms with van der Waals surface area (Å²) < 4.78 is 6.37. The lowest BCUT2D eigenvalue weighted by atomic mass is 9.92. The van der Waals surface area contributed by atoms with Crippen LogP contribution in [0.5, 0.6) is 5.88 Å². The number of thiophene rings is 1. The van der Waals surface area contributed by atoms with E-state index in [0.717, 1.165) is 23.6 Å². The van der Waals surface area contributed by atoms with Crippen molar-refractivity contribution in [2.45, 2.75) is 63.5 Å². The summed E-state index contributed by atoms with van der Waals surface area (Å²) in [6.07, 6.45) is 9.07. The van der Waals surface area contributed by atoms with Gasteiger partial charge in [-0.2, -0.15) is 0 Å². The second-order valence-electron chi connectivity index (χ2n) is 7.25. The van der Waals surface area contributed by atoms with E-state index in [2.05, 4.69) is 35.9 Å². The van der Waals surface area contributed by atoms with Crippen molar-refractivity contribution in [3.05, 3.63) is 16.8 Å². The smallest absolute Gasteiger partial charge is 0.225 e. The monoisotopic (exact) mass is 331 g/mol. The molecule has 0 aromatic carbocycles. The lowest BCUT2D eigenvalue weighted by molar-refractivity contribution is 0.108. The Labute approximate surface area is 141 Å². The number of aryl methyl sites for hydroxylation is 1. The zero-order chi connectivity index (χ0) is 16.0. The summed E-state index contributed by atoms with van der Waals surface area (Å²) in [5.74, 6) is 1.44. The Balaban J connectivity index is 1.58. The fourth-order valence-electron chi connectivity index (χ4n) is 4.10. The van der Waals surface area contributed by atoms with Crippen LogP contribution in [-0.4, -0.2) is 41.1 Å². The van der Waals surface area contributed by atoms with Gasteiger partial charge in [0, 0.05) is 10.9 Å². The predicted octanol–water partition coefficient (Wildman–Crippen LogP) is 3.99. The molecule has 1 fully saturated rings. The first-order valence-corrected chi connectivity index (χ1v) is 9.54. The number of aromatic nitrogens is 2. The molecule has 0 N–H and O–H groups in total. The average molecular weight is 331 g/mol. The summed E-state index contributed by atoms with van der Waals surface area (Å²) in [7, 11) is 4.35. The van der Waals surface area contributed by atoms with Crippen LogP contribution in [0.4, 0.5) is 0 Å². The van der Waals surface area contributed by atoms with Gasteiger partial charge in [-0.05, 0) is 64.1 Å². The molecule has 5 heteroatoms. The van der Waals surface area contributed by atoms with Crippen LogP contribution >= 0.6 is 11.3 Å². The van der Waals surface area contributed by atoms with E-state index < -0.39 is 0 Å². The highest BCUT2D eigenvalue weighted by Gasteiger charge is 2.29. The first-order chi connectivity index (χ1) is 11.1. The largest absolute Gasteiger partial charge is 0.474 e. The van der Waals surface area contributed by atoms with Crippen LogP contribution in [0.1, 0.15) is 55.4 Å². The summed E-state index contributed by atoms with van der Waals surface area (Å²) >= 11 is 1.83. The third kappa shape index (κ3) is 2.74. The molecule has 0 spiro atoms. The maximum absolute atomic E-state index is 6.37. The van der Waals surface area contributed by atoms with Gasteiger partial charge in [0.1, 0.15) is 17.3 Å². The lowest BCUT2D eigenvalue weighted by Crippen LogP contribution is -2.35. The van der Waals surface area contributed by atoms with Crippen molar-refractivity contribution in [1.82, 2.24) is 14.9 Å². The van der Waals surface area contributed by atoms with E-state index in [0.29, 0.717) is 18.1 Å². The van der Waals surface area contributed by atoms with Crippen molar-refractivity contribution in [1.29, 1.82) is 0 Å². The average Bonchev–Trinajstić information content (AvgIpc) is 3.08. The Morgan fingerprint density at radius 3 is 2.65 bits per heavy atom. The number of rotatable bonds is 3. The van der Waals surface area contributed by atoms with Gasteiger partial charge in [0.05, 0.1) is 5.39 Å². The Morgan fingerprint density at radius 1 is 1.13 bits per heavy atom. The summed E-state index contributed by atoms with van der Waals surface area (Å²) in [5, 5.41) is 1.20. The quantitative estimate of drug-likeness (QED) is 0.852. The lowest BCUT2D eigenvalue weighted by Gasteiger charge is -2.32. The van der Waals surface area contributed by atoms with E-state index >= 15 is 0 Å². The third-order valence-electron chi connectivity index (χ3n) is 5.52. The summed E-state index contributed by atoms with van der Waals surface area (Å²) in [6, 6.07) is 0.700. The molecule has 4 nitrogen and oxygen atoms in total. The maximum atomic E-state index is 6.37. The van der Waals surface area contributed by atoms with Crippen molar-refractivity contribution in [3.63, 3.8) is 0 Å². The predicted molar refractivity (Wildman–Crippen MR) is 94.5 cm³/mol. The number of hydrogen-bond donors (Lipinski definition) is 0. The van der Waals surface area contributed by atoms with E-state index in [4.69, 9.17) is 4.74 Å². The molecule has 2 aromatic rings. The Hall–Kier alpha value is -1.20. The van der Waals surface area contributed by atoms with Gasteiger partial charge in [0.2, 0.25) is 5.88 Å². The van der Waals surface area contributed by atoms with Crippen LogP contribution in [-0.2, 0) is 6.42 Å². The van der Waals surface area contributed by atoms with Gasteiger partial charge in [0.15, 0.2) is 0 Å². The van der Waals surface area contributed by atoms with Gasteiger partial charge in [-0.3, -0.25) is 0 Å². The first kappa shape index (κ1) is 15.3. The molecular weight excluding hydrogens is 306 g/mol. The molecule has 2 heterocycles. The van der Waals surface area contributed by atoms with Crippen molar-refractivity contribution in [2.75, 3.05) is 14.1 Å². The van der Waals surface area contributed by atoms with E-state index in [1.807, 2.05) is 11.3 Å². The Kier molecular flexibility index (Phi) is 4.01. The molecule has 0 aliphatic heterocycles. The number of nitrogens with zero attached hydrogens (tertiary/aromatic N) is 3. The minimum atomic E-state index is 0.302. The highest BCUT2D eigenvalue weighted by atomic mass is 32.1. The molecule has 0 bridgehead atoms. The highest BCUT2D eigenvalue weighted by Crippen LogP contribution is 2.45. The van der Waals surface area contributed by atoms with Gasteiger partial charge in [0.25, 0.3) is 0 Å². The molecule has 0 radical (unpaired) electrons. The van der Waals surface area contributed by atoms with Gasteiger partial charge in [-0.25, -0.2) is 9.97 Å². The highest BCUT2D eigenvalue weighted by molar-refractivity contribution is 7.19. The molecule has 2 aromatic heterocycles. The second kappa shape index (κ2) is 6.02. The SMILES string of the molecule is CC1CCc2sc3ncnc(OC4CCC(N(C)C)CC4)c3c21. The van der Waals surface area contributed by atoms with Gasteiger partial charge in [-0.15, -0.1) is 11.3 Å². The van der Waals surface area contributed by atoms with Crippen LogP contribution in [0.15, 0.2) is 6.33 Å². The number of fused-ring (bicyclic) bond motifs is 3. The van der Waals surface area contributed by atoms with Crippen LogP contribution < -0.4 is 4.74 Å². The van der Waals surface area contributed by atoms with E-state index in [1.54, 1.807) is 6.33 Å². The fraction of sp³-hybridized carbons (Fsp3) is 0.667. The molecule has 0 amide bonds. The van der Waals surface area contributed by atoms with Gasteiger partial charge < -0.3 is 9.64 Å². The second-order valence-corrected chi connectivity index (χ2v) is 8.33. The molecule has 1 saturated carbocycles. The van der Waals surface area contributed by atoms with Crippen LogP contribution in [0, 0.1) is 0 Å². The van der Waals surface area contributed by atoms with Gasteiger partial charge >= 0.3 is 0 Å². The molecule has 23 heavy (non-hydrogen) atoms. The zero-order valence-corrected chi connectivity index (χ0v) is 15.0. The summed E-state index contributed by atoms with van der Waals surface area (Å²) in [6.45, 7) is 2.32. The van der Waals surface area contributed by atoms with Crippen LogP contribution in [0.25, 0.3) is 10.2 Å². The fourth-order valence-corrected chi connectivity index (χ4v) is 5.36. The third-order valence-corrected chi connectivity index (χ3v) is 6.69. The minimum absolute atomic E-state index is 0.302. The summed E-state index contributed by atoms with van der Waals surface area (Å²) in [4.78, 5) is 13.9. The maximum Gasteiger partial charge on any atom is 0.225 e. The topological polar surface area (TPSA) is 38.3 Å². The molecule has 2 aliphatic carbocycles. The van der Waals surface area contributed by atoms with E-state index in [1.165, 1.54) is 41.5 Å². The van der Waals surface area contributed by atoms with E-state index in [9.17, 15) is 0 Å². The summed E-state index contributed by atoms with van der Waals surface area (Å²) in [5.41, 5.74) is 1.46. The molecule has 1 unspecified atom stereocenters. The van der Waals surface area contributed by atoms with Crippen LogP contribution in [0.3, 0.4) is 0 Å². The molecule has 0 saturated heterocycles. The van der Waals surface area contributed by atoms with Crippen molar-refractivity contribution >= 4 is 21.6 Å². The molecule has 4 rings (SSSR count). The standard InChI is InChI=1S/C18H25N3OS/c1-11-4-9-14-15(11)16-17(19-10-20-18(16)23-14)22-13-7-5-12(6-8-13)21(2)3/h10-13H,4-9H2,1-3H3. The molecular formula is C18H25N3OS. The van der Waals surface area contributed by atoms with E-state index in [-0.39, 0.29) is 0 Å². The normalized spacial score (nSPS) is 27.6. The zero-order valence-electron chi connectivity index (χ0n) is 14.2. The molecule has 124 valence electrons. The molecule has 2 aliphatic rings.